The van der Waals surface area contributed by atoms with E-state index in [4.69, 9.17) is 4.74 Å². The van der Waals surface area contributed by atoms with Gasteiger partial charge in [0.25, 0.3) is 0 Å². The highest BCUT2D eigenvalue weighted by Gasteiger charge is 2.06. The number of benzene rings is 1. The fourth-order valence-corrected chi connectivity index (χ4v) is 1.98. The number of hydrogen-bond donors (Lipinski definition) is 0. The molecule has 2 aromatic rings. The van der Waals surface area contributed by atoms with Gasteiger partial charge in [-0.2, -0.15) is 5.10 Å². The van der Waals surface area contributed by atoms with E-state index >= 15 is 0 Å². The molecule has 0 spiro atoms. The first-order valence-corrected chi connectivity index (χ1v) is 6.49. The summed E-state index contributed by atoms with van der Waals surface area (Å²) < 4.78 is 7.52. The van der Waals surface area contributed by atoms with Crippen LogP contribution in [0.2, 0.25) is 0 Å². The van der Waals surface area contributed by atoms with Gasteiger partial charge in [-0.25, -0.2) is 0 Å². The molecule has 18 heavy (non-hydrogen) atoms. The largest absolute Gasteiger partial charge is 0.374 e. The molecule has 0 saturated carbocycles. The number of hydrogen-bond acceptors (Lipinski definition) is 2. The van der Waals surface area contributed by atoms with E-state index in [1.54, 1.807) is 0 Å². The molecule has 1 atom stereocenters. The van der Waals surface area contributed by atoms with Crippen LogP contribution in [0.5, 0.6) is 0 Å². The van der Waals surface area contributed by atoms with Gasteiger partial charge in [0.2, 0.25) is 0 Å². The molecule has 0 N–H and O–H groups in total. The lowest BCUT2D eigenvalue weighted by atomic mass is 10.0. The van der Waals surface area contributed by atoms with Crippen molar-refractivity contribution in [2.24, 2.45) is 0 Å². The van der Waals surface area contributed by atoms with Crippen LogP contribution in [0.15, 0.2) is 36.7 Å². The van der Waals surface area contributed by atoms with Gasteiger partial charge in [-0.05, 0) is 31.9 Å². The van der Waals surface area contributed by atoms with Gasteiger partial charge in [0.05, 0.1) is 12.3 Å². The van der Waals surface area contributed by atoms with Crippen LogP contribution in [0.25, 0.3) is 11.1 Å². The number of ether oxygens (including phenoxy) is 1. The van der Waals surface area contributed by atoms with E-state index in [2.05, 4.69) is 49.4 Å². The molecule has 0 aliphatic rings. The van der Waals surface area contributed by atoms with Crippen LogP contribution in [0, 0.1) is 0 Å². The van der Waals surface area contributed by atoms with Gasteiger partial charge in [-0.3, -0.25) is 4.68 Å². The summed E-state index contributed by atoms with van der Waals surface area (Å²) in [4.78, 5) is 0. The Morgan fingerprint density at radius 1 is 1.17 bits per heavy atom. The molecule has 0 bridgehead atoms. The summed E-state index contributed by atoms with van der Waals surface area (Å²) in [6.45, 7) is 7.83. The van der Waals surface area contributed by atoms with Gasteiger partial charge in [0.15, 0.2) is 0 Å². The summed E-state index contributed by atoms with van der Waals surface area (Å²) in [5.41, 5.74) is 3.57. The molecule has 1 aromatic carbocycles. The molecule has 96 valence electrons. The van der Waals surface area contributed by atoms with Gasteiger partial charge in [-0.1, -0.05) is 24.3 Å². The van der Waals surface area contributed by atoms with E-state index in [0.717, 1.165) is 18.7 Å². The molecule has 0 amide bonds. The summed E-state index contributed by atoms with van der Waals surface area (Å²) >= 11 is 0. The third kappa shape index (κ3) is 2.79. The average Bonchev–Trinajstić information content (AvgIpc) is 2.88. The second-order valence-corrected chi connectivity index (χ2v) is 4.30. The van der Waals surface area contributed by atoms with Crippen LogP contribution >= 0.6 is 0 Å². The third-order valence-corrected chi connectivity index (χ3v) is 3.09. The van der Waals surface area contributed by atoms with Gasteiger partial charge in [0, 0.05) is 24.9 Å². The maximum absolute atomic E-state index is 5.58. The zero-order chi connectivity index (χ0) is 13.0. The average molecular weight is 244 g/mol. The standard InChI is InChI=1S/C15H20N2O/c1-4-17-11-15(10-16-17)14-8-6-13(7-9-14)12(3)18-5-2/h6-12H,4-5H2,1-3H3/t12-/m0/s1. The minimum absolute atomic E-state index is 0.155. The zero-order valence-electron chi connectivity index (χ0n) is 11.3. The maximum atomic E-state index is 5.58. The van der Waals surface area contributed by atoms with Crippen molar-refractivity contribution in [3.8, 4) is 11.1 Å². The third-order valence-electron chi connectivity index (χ3n) is 3.09. The van der Waals surface area contributed by atoms with Crippen molar-refractivity contribution in [3.63, 3.8) is 0 Å². The minimum Gasteiger partial charge on any atom is -0.374 e. The van der Waals surface area contributed by atoms with Gasteiger partial charge in [0.1, 0.15) is 0 Å². The fraction of sp³-hybridized carbons (Fsp3) is 0.400. The molecule has 2 rings (SSSR count). The first-order chi connectivity index (χ1) is 8.74. The Balaban J connectivity index is 2.16. The molecule has 3 heteroatoms. The first-order valence-electron chi connectivity index (χ1n) is 6.49. The van der Waals surface area contributed by atoms with E-state index < -0.39 is 0 Å². The van der Waals surface area contributed by atoms with Crippen molar-refractivity contribution in [1.29, 1.82) is 0 Å². The maximum Gasteiger partial charge on any atom is 0.0796 e. The van der Waals surface area contributed by atoms with Crippen molar-refractivity contribution >= 4 is 0 Å². The molecule has 1 heterocycles. The fourth-order valence-electron chi connectivity index (χ4n) is 1.98. The first kappa shape index (κ1) is 12.8. The smallest absolute Gasteiger partial charge is 0.0796 e. The summed E-state index contributed by atoms with van der Waals surface area (Å²) in [6, 6.07) is 8.50. The van der Waals surface area contributed by atoms with E-state index in [9.17, 15) is 0 Å². The molecule has 0 unspecified atom stereocenters. The Labute approximate surface area is 108 Å². The SMILES string of the molecule is CCO[C@@H](C)c1ccc(-c2cnn(CC)c2)cc1. The van der Waals surface area contributed by atoms with E-state index in [0.29, 0.717) is 0 Å². The van der Waals surface area contributed by atoms with Crippen LogP contribution in [-0.2, 0) is 11.3 Å². The molecule has 3 nitrogen and oxygen atoms in total. The Morgan fingerprint density at radius 3 is 2.44 bits per heavy atom. The van der Waals surface area contributed by atoms with Crippen LogP contribution in [-0.4, -0.2) is 16.4 Å². The summed E-state index contributed by atoms with van der Waals surface area (Å²) in [6.07, 6.45) is 4.13. The van der Waals surface area contributed by atoms with Crippen LogP contribution < -0.4 is 0 Å². The number of aryl methyl sites for hydroxylation is 1. The lowest BCUT2D eigenvalue weighted by Crippen LogP contribution is -1.98. The minimum atomic E-state index is 0.155. The monoisotopic (exact) mass is 244 g/mol. The molecule has 0 aliphatic carbocycles. The van der Waals surface area contributed by atoms with Gasteiger partial charge < -0.3 is 4.74 Å². The topological polar surface area (TPSA) is 27.1 Å². The molecular formula is C15H20N2O. The highest BCUT2D eigenvalue weighted by molar-refractivity contribution is 5.61. The number of rotatable bonds is 5. The van der Waals surface area contributed by atoms with E-state index in [-0.39, 0.29) is 6.10 Å². The summed E-state index contributed by atoms with van der Waals surface area (Å²) in [7, 11) is 0. The predicted molar refractivity (Wildman–Crippen MR) is 73.4 cm³/mol. The lowest BCUT2D eigenvalue weighted by molar-refractivity contribution is 0.0764. The van der Waals surface area contributed by atoms with Crippen molar-refractivity contribution in [2.45, 2.75) is 33.4 Å². The van der Waals surface area contributed by atoms with E-state index in [1.807, 2.05) is 17.8 Å². The second-order valence-electron chi connectivity index (χ2n) is 4.30. The van der Waals surface area contributed by atoms with Crippen molar-refractivity contribution < 1.29 is 4.74 Å². The molecule has 1 aromatic heterocycles. The van der Waals surface area contributed by atoms with Crippen molar-refractivity contribution in [3.05, 3.63) is 42.2 Å². The van der Waals surface area contributed by atoms with Gasteiger partial charge in [-0.15, -0.1) is 0 Å². The van der Waals surface area contributed by atoms with E-state index in [1.165, 1.54) is 11.1 Å². The normalized spacial score (nSPS) is 12.6. The van der Waals surface area contributed by atoms with Crippen LogP contribution in [0.3, 0.4) is 0 Å². The summed E-state index contributed by atoms with van der Waals surface area (Å²) in [5, 5.41) is 4.29. The molecule has 0 aliphatic heterocycles. The van der Waals surface area contributed by atoms with Crippen molar-refractivity contribution in [1.82, 2.24) is 9.78 Å². The molecular weight excluding hydrogens is 224 g/mol. The molecule has 0 radical (unpaired) electrons. The number of aromatic nitrogens is 2. The number of nitrogens with zero attached hydrogens (tertiary/aromatic N) is 2. The quantitative estimate of drug-likeness (QED) is 0.802. The predicted octanol–water partition coefficient (Wildman–Crippen LogP) is 3.67. The Bertz CT molecular complexity index is 487. The zero-order valence-corrected chi connectivity index (χ0v) is 11.3. The Morgan fingerprint density at radius 2 is 1.89 bits per heavy atom. The highest BCUT2D eigenvalue weighted by Crippen LogP contribution is 2.22. The van der Waals surface area contributed by atoms with Crippen LogP contribution in [0.1, 0.15) is 32.4 Å². The molecule has 0 saturated heterocycles. The highest BCUT2D eigenvalue weighted by atomic mass is 16.5. The summed E-state index contributed by atoms with van der Waals surface area (Å²) in [5.74, 6) is 0. The van der Waals surface area contributed by atoms with Crippen molar-refractivity contribution in [2.75, 3.05) is 6.61 Å². The Hall–Kier alpha value is -1.61. The van der Waals surface area contributed by atoms with Gasteiger partial charge >= 0.3 is 0 Å². The molecule has 0 fully saturated rings. The Kier molecular flexibility index (Phi) is 4.15. The lowest BCUT2D eigenvalue weighted by Gasteiger charge is -2.12. The van der Waals surface area contributed by atoms with Crippen LogP contribution in [0.4, 0.5) is 0 Å². The second kappa shape index (κ2) is 5.83.